The SMILES string of the molecule is CCCCC[C@@H](C(=O)N(C)[C@@H](CCCC)C(=O)N[C@@H](CC(C)C)C(=O)N[C@@H](CSCC(N)=O)C(=O)NCC(N)=O)N(C)C(=O)[C@H](Cc1cn(CC(=O)O)c2ccccc12)NC(=O)[C@H](CCNC(=O)CC[C@@H](C)[C@H]1CCC2C3C(CC[C@@]21C)[C@@]1(C)CCCC[C@@]1(C)C[C@H]3O)NC(=O)[C@@H](C)Cc1c[nH]c2ccccc12. The van der Waals surface area contributed by atoms with Crippen LogP contribution in [0.2, 0.25) is 0 Å². The molecule has 16 atom stereocenters. The molecule has 0 spiro atoms. The molecule has 2 aromatic carbocycles. The zero-order valence-corrected chi connectivity index (χ0v) is 66.6. The number of likely N-dealkylation sites (N-methyl/N-ethyl adjacent to an activating group) is 2. The number of primary amides is 2. The van der Waals surface area contributed by atoms with E-state index in [-0.39, 0.29) is 103 Å². The third-order valence-electron chi connectivity index (χ3n) is 25.2. The van der Waals surface area contributed by atoms with E-state index in [1.54, 1.807) is 42.0 Å². The Kier molecular flexibility index (Phi) is 30.6. The molecule has 26 heteroatoms. The number of nitrogens with one attached hydrogen (secondary N) is 7. The Bertz CT molecular complexity index is 3820. The summed E-state index contributed by atoms with van der Waals surface area (Å²) in [5.41, 5.74) is 13.9. The highest BCUT2D eigenvalue weighted by Crippen LogP contribution is 2.71. The zero-order valence-electron chi connectivity index (χ0n) is 65.7. The van der Waals surface area contributed by atoms with Gasteiger partial charge in [-0.25, -0.2) is 0 Å². The van der Waals surface area contributed by atoms with Crippen LogP contribution < -0.4 is 43.4 Å². The Morgan fingerprint density at radius 1 is 0.657 bits per heavy atom. The number of nitrogens with two attached hydrogens (primary N) is 2. The van der Waals surface area contributed by atoms with Crippen LogP contribution >= 0.6 is 11.8 Å². The van der Waals surface area contributed by atoms with E-state index in [2.05, 4.69) is 64.6 Å². The van der Waals surface area contributed by atoms with Gasteiger partial charge in [0.25, 0.3) is 0 Å². The number of benzene rings is 2. The maximum absolute atomic E-state index is 15.9. The first-order chi connectivity index (χ1) is 51.2. The third-order valence-corrected chi connectivity index (χ3v) is 26.3. The minimum atomic E-state index is -1.47. The summed E-state index contributed by atoms with van der Waals surface area (Å²) in [6.07, 6.45) is 17.5. The second-order valence-corrected chi connectivity index (χ2v) is 34.1. The summed E-state index contributed by atoms with van der Waals surface area (Å²) in [4.78, 5) is 160. The predicted molar refractivity (Wildman–Crippen MR) is 419 cm³/mol. The molecule has 4 saturated carbocycles. The summed E-state index contributed by atoms with van der Waals surface area (Å²) in [5, 5.41) is 40.7. The van der Waals surface area contributed by atoms with Crippen molar-refractivity contribution in [2.24, 2.45) is 69.1 Å². The largest absolute Gasteiger partial charge is 0.480 e. The van der Waals surface area contributed by atoms with E-state index in [1.807, 2.05) is 58.2 Å². The van der Waals surface area contributed by atoms with E-state index >= 15 is 14.4 Å². The van der Waals surface area contributed by atoms with Crippen molar-refractivity contribution in [3.8, 4) is 0 Å². The number of aromatic nitrogens is 2. The van der Waals surface area contributed by atoms with Crippen LogP contribution in [0.1, 0.15) is 202 Å². The molecular weight excluding hydrogens is 1390 g/mol. The fourth-order valence-electron chi connectivity index (χ4n) is 19.1. The Labute approximate surface area is 642 Å². The number of carbonyl (C=O) groups is 11. The first kappa shape index (κ1) is 85.6. The lowest BCUT2D eigenvalue weighted by Crippen LogP contribution is -2.61. The van der Waals surface area contributed by atoms with Crippen molar-refractivity contribution in [1.82, 2.24) is 51.3 Å². The number of nitrogens with zero attached hydrogens (tertiary/aromatic N) is 3. The van der Waals surface area contributed by atoms with Crippen LogP contribution in [0.4, 0.5) is 0 Å². The molecule has 0 bridgehead atoms. The van der Waals surface area contributed by atoms with Gasteiger partial charge in [-0.05, 0) is 158 Å². The molecule has 2 aromatic heterocycles. The van der Waals surface area contributed by atoms with Gasteiger partial charge in [0.2, 0.25) is 59.1 Å². The summed E-state index contributed by atoms with van der Waals surface area (Å²) < 4.78 is 1.54. The molecule has 2 heterocycles. The smallest absolute Gasteiger partial charge is 0.323 e. The topological polar surface area (TPSA) is 380 Å². The summed E-state index contributed by atoms with van der Waals surface area (Å²) in [7, 11) is 2.93. The number of H-pyrrole nitrogens is 1. The molecule has 3 unspecified atom stereocenters. The first-order valence-electron chi connectivity index (χ1n) is 39.7. The molecule has 0 saturated heterocycles. The fraction of sp³-hybridized carbons (Fsp3) is 0.671. The first-order valence-corrected chi connectivity index (χ1v) is 40.9. The van der Waals surface area contributed by atoms with Crippen molar-refractivity contribution in [3.63, 3.8) is 0 Å². The van der Waals surface area contributed by atoms with Crippen LogP contribution in [-0.4, -0.2) is 176 Å². The Morgan fingerprint density at radius 3 is 2.00 bits per heavy atom. The van der Waals surface area contributed by atoms with Gasteiger partial charge < -0.3 is 72.9 Å². The Balaban J connectivity index is 1.05. The molecule has 0 aliphatic heterocycles. The number of thioether (sulfide) groups is 1. The highest BCUT2D eigenvalue weighted by atomic mass is 32.2. The highest BCUT2D eigenvalue weighted by molar-refractivity contribution is 8.00. The molecule has 13 N–H and O–H groups in total. The van der Waals surface area contributed by atoms with Crippen LogP contribution in [0, 0.1) is 57.7 Å². The average Bonchev–Trinajstić information content (AvgIpc) is 1.51. The molecule has 0 radical (unpaired) electrons. The van der Waals surface area contributed by atoms with E-state index in [0.717, 1.165) is 66.8 Å². The second kappa shape index (κ2) is 38.6. The van der Waals surface area contributed by atoms with E-state index in [0.29, 0.717) is 72.7 Å². The molecule has 4 fully saturated rings. The second-order valence-electron chi connectivity index (χ2n) is 33.1. The van der Waals surface area contributed by atoms with Crippen molar-refractivity contribution >= 4 is 98.6 Å². The van der Waals surface area contributed by atoms with E-state index in [1.165, 1.54) is 49.6 Å². The number of rotatable bonds is 41. The molecule has 4 aliphatic rings. The summed E-state index contributed by atoms with van der Waals surface area (Å²) in [5.74, 6) is -6.88. The maximum atomic E-state index is 15.9. The number of aliphatic hydroxyl groups is 1. The van der Waals surface area contributed by atoms with Gasteiger partial charge in [0.05, 0.1) is 18.4 Å². The van der Waals surface area contributed by atoms with Crippen molar-refractivity contribution < 1.29 is 63.0 Å². The summed E-state index contributed by atoms with van der Waals surface area (Å²) >= 11 is 0.974. The van der Waals surface area contributed by atoms with Gasteiger partial charge in [0.15, 0.2) is 0 Å². The molecular formula is C82H124N12O13S. The number of unbranched alkanes of at least 4 members (excludes halogenated alkanes) is 3. The number of amides is 10. The number of carboxylic acids is 1. The Hall–Kier alpha value is -8.00. The maximum Gasteiger partial charge on any atom is 0.323 e. The van der Waals surface area contributed by atoms with Gasteiger partial charge >= 0.3 is 5.97 Å². The highest BCUT2D eigenvalue weighted by Gasteiger charge is 2.65. The molecule has 596 valence electrons. The monoisotopic (exact) mass is 1520 g/mol. The molecule has 8 rings (SSSR count). The van der Waals surface area contributed by atoms with Crippen molar-refractivity contribution in [2.45, 2.75) is 252 Å². The normalized spacial score (nSPS) is 23.9. The van der Waals surface area contributed by atoms with E-state index < -0.39 is 114 Å². The van der Waals surface area contributed by atoms with Crippen molar-refractivity contribution in [3.05, 3.63) is 72.1 Å². The summed E-state index contributed by atoms with van der Waals surface area (Å²) in [6.45, 7) is 18.1. The Morgan fingerprint density at radius 2 is 1.31 bits per heavy atom. The lowest BCUT2D eigenvalue weighted by molar-refractivity contribution is -0.198. The number of hydrogen-bond acceptors (Lipinski definition) is 13. The van der Waals surface area contributed by atoms with Crippen LogP contribution in [0.5, 0.6) is 0 Å². The lowest BCUT2D eigenvalue weighted by atomic mass is 9.39. The predicted octanol–water partition coefficient (Wildman–Crippen LogP) is 8.19. The van der Waals surface area contributed by atoms with Crippen LogP contribution in [0.15, 0.2) is 60.9 Å². The number of carbonyl (C=O) groups excluding carboxylic acids is 10. The fourth-order valence-corrected chi connectivity index (χ4v) is 19.9. The molecule has 108 heavy (non-hydrogen) atoms. The molecule has 4 aliphatic carbocycles. The number of aliphatic hydroxyl groups excluding tert-OH is 1. The molecule has 4 aromatic rings. The van der Waals surface area contributed by atoms with Crippen molar-refractivity contribution in [1.29, 1.82) is 0 Å². The number of aromatic amines is 1. The minimum absolute atomic E-state index is 0.0187. The number of fused-ring (bicyclic) bond motifs is 7. The van der Waals surface area contributed by atoms with Gasteiger partial charge in [-0.15, -0.1) is 11.8 Å². The van der Waals surface area contributed by atoms with Gasteiger partial charge in [-0.2, -0.15) is 0 Å². The average molecular weight is 1520 g/mol. The van der Waals surface area contributed by atoms with E-state index in [9.17, 15) is 48.6 Å². The standard InChI is InChI=1S/C82H124N12O13S/c1-12-14-16-28-66(79(107)92(10)65(26-15-13-2)77(105)89-61(39-49(3)4)76(104)91-63(47-108-48-69(84)97)74(102)87-44-68(83)96)93(11)78(106)62(41-53-45-94(46-71(99)100)64-27-20-18-24-55(53)64)90-75(103)60(88-73(101)51(6)40-52-43-86-59-25-19-17-23-54(52)59)34-38-85-70(98)32-29-50(5)56-30-31-57-72-58(33-37-81(56,57)8)82(9)36-22-21-35-80(82,7)42-67(72)95/h17-20,23-25,27,43,45,49-51,56-58,60-63,65-67,72,86,95H,12-16,21-22,26,28-42,44,46-48H2,1-11H3,(H2,83,96)(H2,84,97)(H,85,98)(H,87,102)(H,88,101)(H,89,105)(H,90,103)(H,91,104)(H,99,100)/t50-,51+,56-,57?,58?,60+,61+,62+,63+,65+,66+,67-,72?,80+,81-,82-/m1/s1. The van der Waals surface area contributed by atoms with Gasteiger partial charge in [0.1, 0.15) is 42.8 Å². The minimum Gasteiger partial charge on any atom is -0.480 e. The number of hydrogen-bond donors (Lipinski definition) is 11. The number of carboxylic acid groups (broad SMARTS) is 1. The lowest BCUT2D eigenvalue weighted by Gasteiger charge is -2.66. The number of aliphatic carboxylic acids is 1. The van der Waals surface area contributed by atoms with Crippen LogP contribution in [-0.2, 0) is 72.1 Å². The van der Waals surface area contributed by atoms with Crippen LogP contribution in [0.25, 0.3) is 21.8 Å². The van der Waals surface area contributed by atoms with Gasteiger partial charge in [-0.3, -0.25) is 52.7 Å². The van der Waals surface area contributed by atoms with Crippen LogP contribution in [0.3, 0.4) is 0 Å². The van der Waals surface area contributed by atoms with Gasteiger partial charge in [0, 0.05) is 79.4 Å². The van der Waals surface area contributed by atoms with Gasteiger partial charge in [-0.1, -0.05) is 144 Å². The van der Waals surface area contributed by atoms with Crippen molar-refractivity contribution in [2.75, 3.05) is 38.7 Å². The number of para-hydroxylation sites is 2. The van der Waals surface area contributed by atoms with E-state index in [4.69, 9.17) is 11.5 Å². The zero-order chi connectivity index (χ0) is 78.9. The molecule has 25 nitrogen and oxygen atoms in total. The molecule has 10 amide bonds. The summed E-state index contributed by atoms with van der Waals surface area (Å²) in [6, 6.07) is 7.07. The third kappa shape index (κ3) is 20.9. The quantitative estimate of drug-likeness (QED) is 0.0187.